The summed E-state index contributed by atoms with van der Waals surface area (Å²) >= 11 is 1.64. The first-order valence-corrected chi connectivity index (χ1v) is 6.55. The molecule has 0 saturated carbocycles. The standard InChI is InChI=1S/C12H13NO3S/c1-8-4-5-9(7-10(8)13(15)16)12(14)11-3-2-6-17-11/h4-5,7,11H,2-3,6H2,1H3. The van der Waals surface area contributed by atoms with Gasteiger partial charge in [-0.3, -0.25) is 14.9 Å². The second-order valence-corrected chi connectivity index (χ2v) is 5.43. The van der Waals surface area contributed by atoms with E-state index >= 15 is 0 Å². The molecule has 0 amide bonds. The minimum atomic E-state index is -0.437. The molecule has 0 N–H and O–H groups in total. The normalized spacial score (nSPS) is 19.2. The van der Waals surface area contributed by atoms with Crippen molar-refractivity contribution in [3.63, 3.8) is 0 Å². The Labute approximate surface area is 104 Å². The maximum atomic E-state index is 12.1. The molecule has 4 nitrogen and oxygen atoms in total. The van der Waals surface area contributed by atoms with Crippen LogP contribution in [0.1, 0.15) is 28.8 Å². The van der Waals surface area contributed by atoms with Crippen molar-refractivity contribution in [2.75, 3.05) is 5.75 Å². The number of carbonyl (C=O) groups is 1. The number of Topliss-reactive ketones (excluding diaryl/α,β-unsaturated/α-hetero) is 1. The predicted molar refractivity (Wildman–Crippen MR) is 67.6 cm³/mol. The van der Waals surface area contributed by atoms with Gasteiger partial charge in [-0.1, -0.05) is 12.1 Å². The minimum Gasteiger partial charge on any atom is -0.293 e. The number of nitro groups is 1. The van der Waals surface area contributed by atoms with Crippen LogP contribution in [0.5, 0.6) is 0 Å². The second kappa shape index (κ2) is 4.87. The number of carbonyl (C=O) groups excluding carboxylic acids is 1. The molecule has 0 aliphatic carbocycles. The van der Waals surface area contributed by atoms with Gasteiger partial charge in [0.1, 0.15) is 0 Å². The SMILES string of the molecule is Cc1ccc(C(=O)C2CCCS2)cc1[N+](=O)[O-]. The van der Waals surface area contributed by atoms with Crippen LogP contribution in [0, 0.1) is 17.0 Å². The Morgan fingerprint density at radius 1 is 1.53 bits per heavy atom. The number of aryl methyl sites for hydroxylation is 1. The Morgan fingerprint density at radius 2 is 2.29 bits per heavy atom. The Bertz CT molecular complexity index is 467. The third-order valence-electron chi connectivity index (χ3n) is 2.91. The molecule has 1 atom stereocenters. The summed E-state index contributed by atoms with van der Waals surface area (Å²) in [5.41, 5.74) is 1.08. The average Bonchev–Trinajstić information content (AvgIpc) is 2.81. The molecule has 2 rings (SSSR count). The number of rotatable bonds is 3. The molecule has 0 radical (unpaired) electrons. The molecule has 0 aromatic heterocycles. The summed E-state index contributed by atoms with van der Waals surface area (Å²) in [5, 5.41) is 10.8. The summed E-state index contributed by atoms with van der Waals surface area (Å²) in [6.07, 6.45) is 1.93. The van der Waals surface area contributed by atoms with Gasteiger partial charge in [0.15, 0.2) is 5.78 Å². The molecule has 90 valence electrons. The van der Waals surface area contributed by atoms with Crippen LogP contribution >= 0.6 is 11.8 Å². The van der Waals surface area contributed by atoms with E-state index in [-0.39, 0.29) is 16.7 Å². The van der Waals surface area contributed by atoms with Crippen molar-refractivity contribution >= 4 is 23.2 Å². The van der Waals surface area contributed by atoms with E-state index in [4.69, 9.17) is 0 Å². The third-order valence-corrected chi connectivity index (χ3v) is 4.29. The van der Waals surface area contributed by atoms with Gasteiger partial charge in [-0.15, -0.1) is 0 Å². The van der Waals surface area contributed by atoms with E-state index in [9.17, 15) is 14.9 Å². The minimum absolute atomic E-state index is 0.0164. The molecule has 5 heteroatoms. The van der Waals surface area contributed by atoms with Gasteiger partial charge >= 0.3 is 0 Å². The van der Waals surface area contributed by atoms with Crippen LogP contribution < -0.4 is 0 Å². The zero-order valence-electron chi connectivity index (χ0n) is 9.51. The van der Waals surface area contributed by atoms with E-state index in [0.29, 0.717) is 11.1 Å². The molecule has 1 unspecified atom stereocenters. The number of nitrogens with zero attached hydrogens (tertiary/aromatic N) is 1. The van der Waals surface area contributed by atoms with E-state index in [2.05, 4.69) is 0 Å². The molecule has 17 heavy (non-hydrogen) atoms. The highest BCUT2D eigenvalue weighted by molar-refractivity contribution is 8.00. The Kier molecular flexibility index (Phi) is 3.47. The number of ketones is 1. The van der Waals surface area contributed by atoms with Crippen LogP contribution in [-0.4, -0.2) is 21.7 Å². The molecule has 1 fully saturated rings. The molecule has 0 bridgehead atoms. The molecule has 1 aromatic carbocycles. The number of hydrogen-bond donors (Lipinski definition) is 0. The van der Waals surface area contributed by atoms with Crippen molar-refractivity contribution in [3.8, 4) is 0 Å². The van der Waals surface area contributed by atoms with E-state index in [1.807, 2.05) is 0 Å². The van der Waals surface area contributed by atoms with E-state index in [1.54, 1.807) is 30.8 Å². The summed E-state index contributed by atoms with van der Waals surface area (Å²) in [6, 6.07) is 4.73. The number of hydrogen-bond acceptors (Lipinski definition) is 4. The molecule has 1 saturated heterocycles. The first-order chi connectivity index (χ1) is 8.09. The molecule has 1 aromatic rings. The van der Waals surface area contributed by atoms with Crippen LogP contribution in [0.15, 0.2) is 18.2 Å². The van der Waals surface area contributed by atoms with Gasteiger partial charge < -0.3 is 0 Å². The zero-order chi connectivity index (χ0) is 12.4. The molecular weight excluding hydrogens is 238 g/mol. The number of thioether (sulfide) groups is 1. The Balaban J connectivity index is 2.29. The van der Waals surface area contributed by atoms with Crippen LogP contribution in [0.25, 0.3) is 0 Å². The van der Waals surface area contributed by atoms with Crippen molar-refractivity contribution in [2.45, 2.75) is 25.0 Å². The second-order valence-electron chi connectivity index (χ2n) is 4.12. The summed E-state index contributed by atoms with van der Waals surface area (Å²) in [5.74, 6) is 1.03. The van der Waals surface area contributed by atoms with Crippen molar-refractivity contribution in [1.82, 2.24) is 0 Å². The fraction of sp³-hybridized carbons (Fsp3) is 0.417. The monoisotopic (exact) mass is 251 g/mol. The van der Waals surface area contributed by atoms with E-state index in [1.165, 1.54) is 6.07 Å². The van der Waals surface area contributed by atoms with E-state index < -0.39 is 4.92 Å². The Morgan fingerprint density at radius 3 is 2.88 bits per heavy atom. The molecule has 1 heterocycles. The number of benzene rings is 1. The third kappa shape index (κ3) is 2.49. The summed E-state index contributed by atoms with van der Waals surface area (Å²) in [6.45, 7) is 1.68. The van der Waals surface area contributed by atoms with Gasteiger partial charge in [-0.25, -0.2) is 0 Å². The van der Waals surface area contributed by atoms with Crippen molar-refractivity contribution in [1.29, 1.82) is 0 Å². The molecule has 1 aliphatic heterocycles. The van der Waals surface area contributed by atoms with Crippen LogP contribution in [0.2, 0.25) is 0 Å². The highest BCUT2D eigenvalue weighted by Crippen LogP contribution is 2.30. The summed E-state index contributed by atoms with van der Waals surface area (Å²) in [7, 11) is 0. The smallest absolute Gasteiger partial charge is 0.273 e. The summed E-state index contributed by atoms with van der Waals surface area (Å²) < 4.78 is 0. The maximum Gasteiger partial charge on any atom is 0.273 e. The highest BCUT2D eigenvalue weighted by atomic mass is 32.2. The molecule has 1 aliphatic rings. The lowest BCUT2D eigenvalue weighted by molar-refractivity contribution is -0.385. The average molecular weight is 251 g/mol. The zero-order valence-corrected chi connectivity index (χ0v) is 10.3. The lowest BCUT2D eigenvalue weighted by atomic mass is 10.0. The van der Waals surface area contributed by atoms with Crippen molar-refractivity contribution < 1.29 is 9.72 Å². The van der Waals surface area contributed by atoms with E-state index in [0.717, 1.165) is 18.6 Å². The molecule has 0 spiro atoms. The number of nitro benzene ring substituents is 1. The lowest BCUT2D eigenvalue weighted by Crippen LogP contribution is -2.14. The fourth-order valence-electron chi connectivity index (χ4n) is 1.93. The maximum absolute atomic E-state index is 12.1. The van der Waals surface area contributed by atoms with Crippen molar-refractivity contribution in [3.05, 3.63) is 39.4 Å². The first kappa shape index (κ1) is 12.1. The summed E-state index contributed by atoms with van der Waals surface area (Å²) in [4.78, 5) is 22.5. The van der Waals surface area contributed by atoms with Gasteiger partial charge in [0.25, 0.3) is 5.69 Å². The van der Waals surface area contributed by atoms with Crippen molar-refractivity contribution in [2.24, 2.45) is 0 Å². The fourth-order valence-corrected chi connectivity index (χ4v) is 3.17. The van der Waals surface area contributed by atoms with Gasteiger partial charge in [-0.05, 0) is 25.5 Å². The Hall–Kier alpha value is -1.36. The van der Waals surface area contributed by atoms with Crippen LogP contribution in [-0.2, 0) is 0 Å². The van der Waals surface area contributed by atoms with Gasteiger partial charge in [0.05, 0.1) is 10.2 Å². The molecular formula is C12H13NO3S. The van der Waals surface area contributed by atoms with Gasteiger partial charge in [0, 0.05) is 17.2 Å². The predicted octanol–water partition coefficient (Wildman–Crippen LogP) is 2.98. The van der Waals surface area contributed by atoms with Gasteiger partial charge in [-0.2, -0.15) is 11.8 Å². The topological polar surface area (TPSA) is 60.2 Å². The highest BCUT2D eigenvalue weighted by Gasteiger charge is 2.25. The lowest BCUT2D eigenvalue weighted by Gasteiger charge is -2.07. The van der Waals surface area contributed by atoms with Gasteiger partial charge in [0.2, 0.25) is 0 Å². The van der Waals surface area contributed by atoms with Crippen LogP contribution in [0.3, 0.4) is 0 Å². The first-order valence-electron chi connectivity index (χ1n) is 5.50. The van der Waals surface area contributed by atoms with Crippen LogP contribution in [0.4, 0.5) is 5.69 Å². The largest absolute Gasteiger partial charge is 0.293 e. The quantitative estimate of drug-likeness (QED) is 0.470.